The van der Waals surface area contributed by atoms with Gasteiger partial charge in [-0.05, 0) is 17.7 Å². The zero-order valence-corrected chi connectivity index (χ0v) is 16.3. The number of phenols is 3. The number of rotatable bonds is 4. The molecule has 7 N–H and O–H groups in total. The summed E-state index contributed by atoms with van der Waals surface area (Å²) in [5.41, 5.74) is -0.377. The van der Waals surface area contributed by atoms with Crippen molar-refractivity contribution in [3.05, 3.63) is 46.8 Å². The van der Waals surface area contributed by atoms with Gasteiger partial charge in [-0.2, -0.15) is 0 Å². The van der Waals surface area contributed by atoms with E-state index in [1.807, 2.05) is 0 Å². The molecule has 11 nitrogen and oxygen atoms in total. The number of aliphatic hydroxyl groups excluding tert-OH is 4. The van der Waals surface area contributed by atoms with Crippen LogP contribution in [0.1, 0.15) is 0 Å². The van der Waals surface area contributed by atoms with Gasteiger partial charge < -0.3 is 49.6 Å². The monoisotopic (exact) mass is 448 g/mol. The van der Waals surface area contributed by atoms with E-state index in [0.29, 0.717) is 5.56 Å². The van der Waals surface area contributed by atoms with Crippen LogP contribution < -0.4 is 10.4 Å². The van der Waals surface area contributed by atoms with Crippen LogP contribution in [0, 0.1) is 0 Å². The van der Waals surface area contributed by atoms with Crippen LogP contribution in [0.25, 0.3) is 22.1 Å². The van der Waals surface area contributed by atoms with Crippen molar-refractivity contribution >= 4 is 11.0 Å². The largest absolute Gasteiger partial charge is 0.508 e. The molecular formula is C21H20O11. The first-order chi connectivity index (χ1) is 15.2. The van der Waals surface area contributed by atoms with Gasteiger partial charge in [0.05, 0.1) is 12.0 Å². The Labute approximate surface area is 179 Å². The first-order valence-electron chi connectivity index (χ1n) is 9.50. The second-order valence-electron chi connectivity index (χ2n) is 7.31. The Morgan fingerprint density at radius 3 is 2.34 bits per heavy atom. The van der Waals surface area contributed by atoms with Gasteiger partial charge in [0, 0.05) is 23.8 Å². The van der Waals surface area contributed by atoms with Crippen molar-refractivity contribution in [1.29, 1.82) is 0 Å². The predicted octanol–water partition coefficient (Wildman–Crippen LogP) is -0.245. The topological polar surface area (TPSA) is 190 Å². The normalized spacial score (nSPS) is 25.7. The summed E-state index contributed by atoms with van der Waals surface area (Å²) in [7, 11) is 0. The quantitative estimate of drug-likeness (QED) is 0.206. The lowest BCUT2D eigenvalue weighted by molar-refractivity contribution is -0.277. The highest BCUT2D eigenvalue weighted by molar-refractivity contribution is 5.98. The minimum Gasteiger partial charge on any atom is -0.508 e. The Balaban J connectivity index is 1.86. The van der Waals surface area contributed by atoms with Crippen molar-refractivity contribution in [1.82, 2.24) is 0 Å². The number of benzene rings is 2. The molecule has 0 saturated carbocycles. The Bertz CT molecular complexity index is 1200. The molecule has 1 fully saturated rings. The number of fused-ring (bicyclic) bond motifs is 1. The van der Waals surface area contributed by atoms with Crippen LogP contribution in [0.2, 0.25) is 0 Å². The fourth-order valence-electron chi connectivity index (χ4n) is 3.55. The van der Waals surface area contributed by atoms with E-state index in [1.165, 1.54) is 18.2 Å². The second-order valence-corrected chi connectivity index (χ2v) is 7.31. The minimum absolute atomic E-state index is 0.0975. The fourth-order valence-corrected chi connectivity index (χ4v) is 3.55. The summed E-state index contributed by atoms with van der Waals surface area (Å²) in [6.07, 6.45) is -7.80. The number of aliphatic hydroxyl groups is 4. The summed E-state index contributed by atoms with van der Waals surface area (Å²) >= 11 is 0. The SMILES string of the molecule is O=c1cc(-c2ccc(O)c(O)c2)c2c(O[C@@H]3O[C@H](CO)[C@@H](O)[C@H](O)[C@H]3O)cc(O)cc2o1. The molecule has 170 valence electrons. The summed E-state index contributed by atoms with van der Waals surface area (Å²) in [4.78, 5) is 12.1. The van der Waals surface area contributed by atoms with E-state index in [2.05, 4.69) is 0 Å². The van der Waals surface area contributed by atoms with Crippen molar-refractivity contribution in [2.75, 3.05) is 6.61 Å². The maximum atomic E-state index is 12.1. The van der Waals surface area contributed by atoms with Gasteiger partial charge in [0.1, 0.15) is 41.5 Å². The standard InChI is InChI=1S/C21H20O11/c22-7-15-18(27)19(28)20(29)21(32-15)31-14-5-9(23)4-13-17(14)10(6-16(26)30-13)8-1-2-11(24)12(25)3-8/h1-6,15,18-25,27-29H,7H2/t15-,18-,19+,20-,21-/m1/s1. The highest BCUT2D eigenvalue weighted by Crippen LogP contribution is 2.40. The Hall–Kier alpha value is -3.35. The number of ether oxygens (including phenoxy) is 2. The molecule has 3 aromatic rings. The lowest BCUT2D eigenvalue weighted by Gasteiger charge is -2.39. The van der Waals surface area contributed by atoms with Crippen molar-refractivity contribution in [2.45, 2.75) is 30.7 Å². The molecule has 0 radical (unpaired) electrons. The molecule has 4 rings (SSSR count). The first-order valence-corrected chi connectivity index (χ1v) is 9.50. The van der Waals surface area contributed by atoms with Crippen LogP contribution in [0.3, 0.4) is 0 Å². The maximum absolute atomic E-state index is 12.1. The molecule has 1 aliphatic heterocycles. The van der Waals surface area contributed by atoms with E-state index in [1.54, 1.807) is 0 Å². The van der Waals surface area contributed by atoms with Gasteiger partial charge in [-0.1, -0.05) is 6.07 Å². The molecule has 1 aliphatic rings. The molecule has 0 unspecified atom stereocenters. The van der Waals surface area contributed by atoms with E-state index in [9.17, 15) is 40.5 Å². The highest BCUT2D eigenvalue weighted by atomic mass is 16.7. The Morgan fingerprint density at radius 1 is 0.906 bits per heavy atom. The molecule has 2 heterocycles. The molecule has 1 aromatic heterocycles. The third-order valence-corrected chi connectivity index (χ3v) is 5.17. The molecular weight excluding hydrogens is 428 g/mol. The summed E-state index contributed by atoms with van der Waals surface area (Å²) < 4.78 is 16.2. The van der Waals surface area contributed by atoms with E-state index in [4.69, 9.17) is 13.9 Å². The smallest absolute Gasteiger partial charge is 0.336 e. The summed E-state index contributed by atoms with van der Waals surface area (Å²) in [6.45, 7) is -0.668. The number of hydrogen-bond donors (Lipinski definition) is 7. The van der Waals surface area contributed by atoms with E-state index in [0.717, 1.165) is 18.2 Å². The minimum atomic E-state index is -1.72. The van der Waals surface area contributed by atoms with Crippen molar-refractivity contribution < 1.29 is 49.6 Å². The van der Waals surface area contributed by atoms with Gasteiger partial charge in [0.25, 0.3) is 0 Å². The van der Waals surface area contributed by atoms with Crippen molar-refractivity contribution in [2.24, 2.45) is 0 Å². The number of phenolic OH excluding ortho intramolecular Hbond substituents is 3. The van der Waals surface area contributed by atoms with Crippen LogP contribution in [0.5, 0.6) is 23.0 Å². The predicted molar refractivity (Wildman–Crippen MR) is 107 cm³/mol. The van der Waals surface area contributed by atoms with Crippen LogP contribution in [-0.4, -0.2) is 73.1 Å². The van der Waals surface area contributed by atoms with Gasteiger partial charge in [0.15, 0.2) is 11.5 Å². The van der Waals surface area contributed by atoms with E-state index < -0.39 is 48.7 Å². The molecule has 2 aromatic carbocycles. The molecule has 5 atom stereocenters. The van der Waals surface area contributed by atoms with Crippen molar-refractivity contribution in [3.63, 3.8) is 0 Å². The maximum Gasteiger partial charge on any atom is 0.336 e. The van der Waals surface area contributed by atoms with Crippen LogP contribution in [0.4, 0.5) is 0 Å². The molecule has 32 heavy (non-hydrogen) atoms. The summed E-state index contributed by atoms with van der Waals surface area (Å²) in [5, 5.41) is 69.3. The highest BCUT2D eigenvalue weighted by Gasteiger charge is 2.45. The third-order valence-electron chi connectivity index (χ3n) is 5.17. The zero-order valence-electron chi connectivity index (χ0n) is 16.3. The average molecular weight is 448 g/mol. The molecule has 0 aliphatic carbocycles. The summed E-state index contributed by atoms with van der Waals surface area (Å²) in [5.74, 6) is -1.31. The van der Waals surface area contributed by atoms with Crippen molar-refractivity contribution in [3.8, 4) is 34.1 Å². The van der Waals surface area contributed by atoms with Gasteiger partial charge in [-0.15, -0.1) is 0 Å². The van der Waals surface area contributed by atoms with Gasteiger partial charge in [-0.3, -0.25) is 0 Å². The molecule has 0 amide bonds. The zero-order chi connectivity index (χ0) is 23.2. The molecule has 11 heteroatoms. The van der Waals surface area contributed by atoms with Crippen LogP contribution in [0.15, 0.2) is 45.6 Å². The van der Waals surface area contributed by atoms with Gasteiger partial charge in [0.2, 0.25) is 6.29 Å². The lowest BCUT2D eigenvalue weighted by Crippen LogP contribution is -2.60. The van der Waals surface area contributed by atoms with Gasteiger partial charge in [-0.25, -0.2) is 4.79 Å². The Kier molecular flexibility index (Phi) is 5.67. The summed E-state index contributed by atoms with van der Waals surface area (Å²) in [6, 6.07) is 7.24. The molecule has 0 spiro atoms. The fraction of sp³-hybridized carbons (Fsp3) is 0.286. The Morgan fingerprint density at radius 2 is 1.66 bits per heavy atom. The lowest BCUT2D eigenvalue weighted by atomic mass is 9.99. The molecule has 1 saturated heterocycles. The van der Waals surface area contributed by atoms with Gasteiger partial charge >= 0.3 is 5.63 Å². The second kappa shape index (κ2) is 8.30. The van der Waals surface area contributed by atoms with E-state index >= 15 is 0 Å². The van der Waals surface area contributed by atoms with Crippen LogP contribution in [-0.2, 0) is 4.74 Å². The first kappa shape index (κ1) is 21.9. The number of aromatic hydroxyl groups is 3. The van der Waals surface area contributed by atoms with Crippen LogP contribution >= 0.6 is 0 Å². The molecule has 0 bridgehead atoms. The number of hydrogen-bond acceptors (Lipinski definition) is 11. The third kappa shape index (κ3) is 3.83. The average Bonchev–Trinajstić information content (AvgIpc) is 2.75. The van der Waals surface area contributed by atoms with E-state index in [-0.39, 0.29) is 33.8 Å².